The molecule has 0 bridgehead atoms. The number of carbonyl (C=O) groups excluding carboxylic acids is 1. The van der Waals surface area contributed by atoms with Gasteiger partial charge >= 0.3 is 0 Å². The van der Waals surface area contributed by atoms with Gasteiger partial charge in [-0.2, -0.15) is 11.3 Å². The van der Waals surface area contributed by atoms with Crippen LogP contribution in [0.25, 0.3) is 22.4 Å². The number of rotatable bonds is 6. The van der Waals surface area contributed by atoms with Crippen LogP contribution in [0, 0.1) is 0 Å². The molecule has 0 spiro atoms. The average Bonchev–Trinajstić information content (AvgIpc) is 3.32. The van der Waals surface area contributed by atoms with Gasteiger partial charge < -0.3 is 10.1 Å². The first-order valence-corrected chi connectivity index (χ1v) is 10.0. The van der Waals surface area contributed by atoms with Gasteiger partial charge in [-0.25, -0.2) is 0 Å². The smallest absolute Gasteiger partial charge is 0.251 e. The highest BCUT2D eigenvalue weighted by Gasteiger charge is 2.11. The van der Waals surface area contributed by atoms with Crippen molar-refractivity contribution in [3.63, 3.8) is 0 Å². The summed E-state index contributed by atoms with van der Waals surface area (Å²) >= 11 is 1.60. The third kappa shape index (κ3) is 4.33. The molecule has 0 unspecified atom stereocenters. The summed E-state index contributed by atoms with van der Waals surface area (Å²) in [4.78, 5) is 21.4. The lowest BCUT2D eigenvalue weighted by molar-refractivity contribution is 0.0950. The lowest BCUT2D eigenvalue weighted by atomic mass is 10.0. The maximum atomic E-state index is 12.6. The summed E-state index contributed by atoms with van der Waals surface area (Å²) in [6, 6.07) is 17.3. The number of nitrogens with zero attached hydrogens (tertiary/aromatic N) is 2. The highest BCUT2D eigenvalue weighted by Crippen LogP contribution is 2.24. The van der Waals surface area contributed by atoms with E-state index in [1.807, 2.05) is 65.4 Å². The van der Waals surface area contributed by atoms with Crippen molar-refractivity contribution < 1.29 is 9.53 Å². The highest BCUT2D eigenvalue weighted by molar-refractivity contribution is 7.08. The summed E-state index contributed by atoms with van der Waals surface area (Å²) in [5, 5.41) is 6.95. The van der Waals surface area contributed by atoms with E-state index < -0.39 is 0 Å². The average molecular weight is 401 g/mol. The monoisotopic (exact) mass is 401 g/mol. The normalized spacial score (nSPS) is 10.5. The Kier molecular flexibility index (Phi) is 5.63. The van der Waals surface area contributed by atoms with Crippen molar-refractivity contribution in [2.24, 2.45) is 0 Å². The fourth-order valence-corrected chi connectivity index (χ4v) is 3.66. The Morgan fingerprint density at radius 2 is 1.83 bits per heavy atom. The van der Waals surface area contributed by atoms with Crippen LogP contribution < -0.4 is 10.1 Å². The summed E-state index contributed by atoms with van der Waals surface area (Å²) in [5.41, 5.74) is 5.20. The zero-order valence-corrected chi connectivity index (χ0v) is 16.6. The van der Waals surface area contributed by atoms with E-state index in [1.165, 1.54) is 0 Å². The molecule has 0 aliphatic rings. The van der Waals surface area contributed by atoms with Gasteiger partial charge in [0, 0.05) is 28.9 Å². The molecule has 0 fully saturated rings. The highest BCUT2D eigenvalue weighted by atomic mass is 32.1. The number of ether oxygens (including phenoxy) is 1. The first-order valence-electron chi connectivity index (χ1n) is 9.10. The third-order valence-electron chi connectivity index (χ3n) is 4.54. The molecule has 2 aromatic heterocycles. The first-order chi connectivity index (χ1) is 14.2. The van der Waals surface area contributed by atoms with Crippen molar-refractivity contribution in [1.82, 2.24) is 15.3 Å². The fourth-order valence-electron chi connectivity index (χ4n) is 3.02. The minimum absolute atomic E-state index is 0.149. The van der Waals surface area contributed by atoms with Gasteiger partial charge in [-0.1, -0.05) is 24.3 Å². The van der Waals surface area contributed by atoms with Gasteiger partial charge in [-0.15, -0.1) is 0 Å². The van der Waals surface area contributed by atoms with Gasteiger partial charge in [-0.3, -0.25) is 14.8 Å². The maximum Gasteiger partial charge on any atom is 0.251 e. The number of amides is 1. The summed E-state index contributed by atoms with van der Waals surface area (Å²) in [5.74, 6) is 0.652. The Hall–Kier alpha value is -3.51. The largest absolute Gasteiger partial charge is 0.497 e. The number of benzene rings is 2. The molecule has 2 aromatic carbocycles. The van der Waals surface area contributed by atoms with E-state index in [9.17, 15) is 4.79 Å². The lowest BCUT2D eigenvalue weighted by Gasteiger charge is -2.09. The van der Waals surface area contributed by atoms with Crippen molar-refractivity contribution in [1.29, 1.82) is 0 Å². The Bertz CT molecular complexity index is 1110. The molecular formula is C23H19N3O2S. The van der Waals surface area contributed by atoms with Crippen LogP contribution in [-0.4, -0.2) is 23.0 Å². The molecule has 4 rings (SSSR count). The molecule has 1 amide bonds. The van der Waals surface area contributed by atoms with E-state index in [0.29, 0.717) is 12.1 Å². The van der Waals surface area contributed by atoms with Crippen molar-refractivity contribution in [2.45, 2.75) is 6.54 Å². The van der Waals surface area contributed by atoms with Gasteiger partial charge in [0.15, 0.2) is 0 Å². The summed E-state index contributed by atoms with van der Waals surface area (Å²) in [6.07, 6.45) is 3.30. The van der Waals surface area contributed by atoms with Crippen LogP contribution in [0.2, 0.25) is 0 Å². The number of hydrogen-bond acceptors (Lipinski definition) is 5. The van der Waals surface area contributed by atoms with E-state index in [0.717, 1.165) is 33.8 Å². The van der Waals surface area contributed by atoms with E-state index in [2.05, 4.69) is 15.3 Å². The predicted molar refractivity (Wildman–Crippen MR) is 115 cm³/mol. The third-order valence-corrected chi connectivity index (χ3v) is 5.22. The zero-order valence-electron chi connectivity index (χ0n) is 15.8. The molecule has 6 heteroatoms. The second-order valence-electron chi connectivity index (χ2n) is 6.36. The molecule has 0 saturated carbocycles. The van der Waals surface area contributed by atoms with Gasteiger partial charge in [0.25, 0.3) is 5.91 Å². The van der Waals surface area contributed by atoms with Crippen molar-refractivity contribution in [2.75, 3.05) is 7.11 Å². The molecular weight excluding hydrogens is 382 g/mol. The Balaban J connectivity index is 1.46. The SMILES string of the molecule is COc1cccc(-c2ccc(C(=O)NCc3nccnc3-c3ccsc3)cc2)c1. The molecule has 0 saturated heterocycles. The molecule has 4 aromatic rings. The van der Waals surface area contributed by atoms with Crippen LogP contribution in [0.3, 0.4) is 0 Å². The minimum Gasteiger partial charge on any atom is -0.497 e. The predicted octanol–water partition coefficient (Wildman–Crippen LogP) is 4.81. The van der Waals surface area contributed by atoms with Crippen molar-refractivity contribution in [3.8, 4) is 28.1 Å². The van der Waals surface area contributed by atoms with Crippen LogP contribution in [0.5, 0.6) is 5.75 Å². The summed E-state index contributed by atoms with van der Waals surface area (Å²) in [6.45, 7) is 0.315. The minimum atomic E-state index is -0.149. The molecule has 0 atom stereocenters. The molecule has 29 heavy (non-hydrogen) atoms. The van der Waals surface area contributed by atoms with Crippen LogP contribution >= 0.6 is 11.3 Å². The molecule has 2 heterocycles. The Morgan fingerprint density at radius 1 is 1.00 bits per heavy atom. The summed E-state index contributed by atoms with van der Waals surface area (Å²) < 4.78 is 5.27. The molecule has 0 radical (unpaired) electrons. The van der Waals surface area contributed by atoms with Gasteiger partial charge in [0.2, 0.25) is 0 Å². The topological polar surface area (TPSA) is 64.1 Å². The molecule has 0 aliphatic carbocycles. The lowest BCUT2D eigenvalue weighted by Crippen LogP contribution is -2.23. The van der Waals surface area contributed by atoms with Gasteiger partial charge in [0.1, 0.15) is 5.75 Å². The van der Waals surface area contributed by atoms with Crippen molar-refractivity contribution >= 4 is 17.2 Å². The van der Waals surface area contributed by atoms with E-state index in [4.69, 9.17) is 4.74 Å². The maximum absolute atomic E-state index is 12.6. The number of hydrogen-bond donors (Lipinski definition) is 1. The van der Waals surface area contributed by atoms with Crippen LogP contribution in [0.1, 0.15) is 16.1 Å². The fraction of sp³-hybridized carbons (Fsp3) is 0.0870. The zero-order chi connectivity index (χ0) is 20.1. The first kappa shape index (κ1) is 18.8. The Morgan fingerprint density at radius 3 is 2.59 bits per heavy atom. The van der Waals surface area contributed by atoms with Crippen LogP contribution in [0.15, 0.2) is 77.8 Å². The summed E-state index contributed by atoms with van der Waals surface area (Å²) in [7, 11) is 1.65. The van der Waals surface area contributed by atoms with E-state index >= 15 is 0 Å². The number of thiophene rings is 1. The standard InChI is InChI=1S/C23H19N3O2S/c1-28-20-4-2-3-18(13-20)16-5-7-17(8-6-16)23(27)26-14-21-22(25-11-10-24-21)19-9-12-29-15-19/h2-13,15H,14H2,1H3,(H,26,27). The number of methoxy groups -OCH3 is 1. The number of aromatic nitrogens is 2. The molecule has 5 nitrogen and oxygen atoms in total. The van der Waals surface area contributed by atoms with Crippen molar-refractivity contribution in [3.05, 3.63) is 89.0 Å². The second kappa shape index (κ2) is 8.67. The molecule has 0 aliphatic heterocycles. The van der Waals surface area contributed by atoms with E-state index in [1.54, 1.807) is 30.8 Å². The van der Waals surface area contributed by atoms with Crippen LogP contribution in [-0.2, 0) is 6.54 Å². The van der Waals surface area contributed by atoms with Gasteiger partial charge in [0.05, 0.1) is 25.0 Å². The second-order valence-corrected chi connectivity index (χ2v) is 7.14. The van der Waals surface area contributed by atoms with E-state index in [-0.39, 0.29) is 5.91 Å². The van der Waals surface area contributed by atoms with Gasteiger partial charge in [-0.05, 0) is 46.8 Å². The molecule has 144 valence electrons. The molecule has 1 N–H and O–H groups in total. The van der Waals surface area contributed by atoms with Crippen LogP contribution in [0.4, 0.5) is 0 Å². The Labute approximate surface area is 173 Å². The number of carbonyl (C=O) groups is 1. The quantitative estimate of drug-likeness (QED) is 0.504. The number of nitrogens with one attached hydrogen (secondary N) is 1.